The average molecular weight is 329 g/mol. The van der Waals surface area contributed by atoms with Gasteiger partial charge in [0.25, 0.3) is 0 Å². The zero-order valence-corrected chi connectivity index (χ0v) is 14.3. The van der Waals surface area contributed by atoms with E-state index in [1.54, 1.807) is 7.11 Å². The molecular formula is C19H27N3O2. The molecule has 0 radical (unpaired) electrons. The first-order valence-corrected chi connectivity index (χ1v) is 9.14. The molecule has 1 aromatic rings. The van der Waals surface area contributed by atoms with Crippen LogP contribution in [0.2, 0.25) is 0 Å². The third kappa shape index (κ3) is 3.03. The number of hydrogen-bond donors (Lipinski definition) is 2. The van der Waals surface area contributed by atoms with Crippen molar-refractivity contribution in [3.8, 4) is 5.75 Å². The molecule has 130 valence electrons. The van der Waals surface area contributed by atoms with Gasteiger partial charge in [0.1, 0.15) is 5.75 Å². The molecule has 5 heteroatoms. The van der Waals surface area contributed by atoms with Crippen molar-refractivity contribution in [1.82, 2.24) is 15.5 Å². The quantitative estimate of drug-likeness (QED) is 0.860. The summed E-state index contributed by atoms with van der Waals surface area (Å²) < 4.78 is 5.24. The lowest BCUT2D eigenvalue weighted by Crippen LogP contribution is -2.46. The molecule has 3 saturated heterocycles. The minimum atomic E-state index is 0.166. The minimum absolute atomic E-state index is 0.166. The van der Waals surface area contributed by atoms with Crippen LogP contribution in [-0.2, 0) is 11.3 Å². The van der Waals surface area contributed by atoms with Crippen LogP contribution in [0.25, 0.3) is 0 Å². The second kappa shape index (κ2) is 6.73. The summed E-state index contributed by atoms with van der Waals surface area (Å²) in [6.07, 6.45) is 4.54. The second-order valence-corrected chi connectivity index (χ2v) is 7.36. The van der Waals surface area contributed by atoms with Crippen molar-refractivity contribution in [2.75, 3.05) is 20.2 Å². The zero-order chi connectivity index (χ0) is 16.5. The molecule has 5 nitrogen and oxygen atoms in total. The predicted octanol–water partition coefficient (Wildman–Crippen LogP) is 1.53. The highest BCUT2D eigenvalue weighted by atomic mass is 16.5. The Morgan fingerprint density at radius 1 is 1.29 bits per heavy atom. The summed E-state index contributed by atoms with van der Waals surface area (Å²) in [6.45, 7) is 2.78. The first-order valence-electron chi connectivity index (χ1n) is 9.14. The van der Waals surface area contributed by atoms with Gasteiger partial charge in [0.15, 0.2) is 0 Å². The number of ether oxygens (including phenoxy) is 1. The molecule has 2 N–H and O–H groups in total. The van der Waals surface area contributed by atoms with Gasteiger partial charge < -0.3 is 15.4 Å². The molecule has 3 aliphatic rings. The number of benzene rings is 1. The fraction of sp³-hybridized carbons (Fsp3) is 0.632. The van der Waals surface area contributed by atoms with Gasteiger partial charge in [0.2, 0.25) is 5.91 Å². The van der Waals surface area contributed by atoms with Crippen LogP contribution < -0.4 is 15.4 Å². The molecule has 0 spiro atoms. The summed E-state index contributed by atoms with van der Waals surface area (Å²) in [5.74, 6) is 1.32. The number of hydrogen-bond acceptors (Lipinski definition) is 4. The first-order chi connectivity index (χ1) is 11.7. The van der Waals surface area contributed by atoms with Gasteiger partial charge in [-0.05, 0) is 49.9 Å². The van der Waals surface area contributed by atoms with E-state index in [-0.39, 0.29) is 11.8 Å². The van der Waals surface area contributed by atoms with Gasteiger partial charge in [-0.3, -0.25) is 9.69 Å². The van der Waals surface area contributed by atoms with Crippen molar-refractivity contribution < 1.29 is 9.53 Å². The standard InChI is InChI=1S/C19H27N3O2/c1-24-16-5-2-13(3-6-16)12-22-15-4-7-18(22)17(10-15)21-19(23)14-8-9-20-11-14/h2-3,5-6,14-15,17-18,20H,4,7-12H2,1H3,(H,21,23)/t14?,15-,17+,18+/m0/s1. The van der Waals surface area contributed by atoms with Crippen molar-refractivity contribution in [3.63, 3.8) is 0 Å². The molecule has 3 aliphatic heterocycles. The molecular weight excluding hydrogens is 302 g/mol. The molecule has 4 atom stereocenters. The van der Waals surface area contributed by atoms with E-state index in [0.29, 0.717) is 18.1 Å². The van der Waals surface area contributed by atoms with Crippen LogP contribution in [0, 0.1) is 5.92 Å². The van der Waals surface area contributed by atoms with E-state index in [1.807, 2.05) is 12.1 Å². The molecule has 3 heterocycles. The molecule has 1 amide bonds. The van der Waals surface area contributed by atoms with Crippen LogP contribution in [0.3, 0.4) is 0 Å². The van der Waals surface area contributed by atoms with Gasteiger partial charge in [-0.25, -0.2) is 0 Å². The monoisotopic (exact) mass is 329 g/mol. The molecule has 1 unspecified atom stereocenters. The van der Waals surface area contributed by atoms with E-state index in [4.69, 9.17) is 4.74 Å². The van der Waals surface area contributed by atoms with Crippen LogP contribution in [0.4, 0.5) is 0 Å². The number of amides is 1. The van der Waals surface area contributed by atoms with Crippen LogP contribution in [-0.4, -0.2) is 49.1 Å². The topological polar surface area (TPSA) is 53.6 Å². The highest BCUT2D eigenvalue weighted by Crippen LogP contribution is 2.39. The Bertz CT molecular complexity index is 583. The molecule has 1 aromatic carbocycles. The van der Waals surface area contributed by atoms with Crippen LogP contribution in [0.5, 0.6) is 5.75 Å². The molecule has 0 saturated carbocycles. The van der Waals surface area contributed by atoms with E-state index in [2.05, 4.69) is 27.7 Å². The van der Waals surface area contributed by atoms with Crippen molar-refractivity contribution in [1.29, 1.82) is 0 Å². The lowest BCUT2D eigenvalue weighted by atomic mass is 9.95. The summed E-state index contributed by atoms with van der Waals surface area (Å²) in [7, 11) is 1.70. The number of carbonyl (C=O) groups excluding carboxylic acids is 1. The maximum Gasteiger partial charge on any atom is 0.224 e. The van der Waals surface area contributed by atoms with Crippen molar-refractivity contribution in [3.05, 3.63) is 29.8 Å². The second-order valence-electron chi connectivity index (χ2n) is 7.36. The zero-order valence-electron chi connectivity index (χ0n) is 14.3. The Labute approximate surface area is 143 Å². The Hall–Kier alpha value is -1.59. The Kier molecular flexibility index (Phi) is 4.46. The molecule has 3 fully saturated rings. The first kappa shape index (κ1) is 15.9. The number of rotatable bonds is 5. The van der Waals surface area contributed by atoms with Gasteiger partial charge >= 0.3 is 0 Å². The molecule has 0 aliphatic carbocycles. The smallest absolute Gasteiger partial charge is 0.224 e. The molecule has 24 heavy (non-hydrogen) atoms. The molecule has 0 aromatic heterocycles. The fourth-order valence-corrected chi connectivity index (χ4v) is 4.62. The summed E-state index contributed by atoms with van der Waals surface area (Å²) in [6, 6.07) is 9.79. The largest absolute Gasteiger partial charge is 0.497 e. The van der Waals surface area contributed by atoms with Crippen LogP contribution in [0.15, 0.2) is 24.3 Å². The maximum absolute atomic E-state index is 12.4. The summed E-state index contributed by atoms with van der Waals surface area (Å²) >= 11 is 0. The van der Waals surface area contributed by atoms with E-state index in [0.717, 1.165) is 38.2 Å². The average Bonchev–Trinajstić information content (AvgIpc) is 3.32. The number of methoxy groups -OCH3 is 1. The number of nitrogens with one attached hydrogen (secondary N) is 2. The van der Waals surface area contributed by atoms with E-state index in [1.165, 1.54) is 18.4 Å². The third-order valence-electron chi connectivity index (χ3n) is 5.96. The summed E-state index contributed by atoms with van der Waals surface area (Å²) in [5.41, 5.74) is 1.32. The summed E-state index contributed by atoms with van der Waals surface area (Å²) in [4.78, 5) is 15.0. The van der Waals surface area contributed by atoms with Gasteiger partial charge in [-0.1, -0.05) is 12.1 Å². The molecule has 4 rings (SSSR count). The van der Waals surface area contributed by atoms with Crippen molar-refractivity contribution >= 4 is 5.91 Å². The number of carbonyl (C=O) groups is 1. The van der Waals surface area contributed by atoms with Gasteiger partial charge in [0, 0.05) is 31.2 Å². The lowest BCUT2D eigenvalue weighted by molar-refractivity contribution is -0.125. The van der Waals surface area contributed by atoms with Gasteiger partial charge in [0.05, 0.1) is 13.0 Å². The van der Waals surface area contributed by atoms with E-state index in [9.17, 15) is 4.79 Å². The highest BCUT2D eigenvalue weighted by Gasteiger charge is 2.46. The SMILES string of the molecule is COc1ccc(CN2[C@H]3CC[C@@H]2[C@H](NC(=O)C2CCNC2)C3)cc1. The predicted molar refractivity (Wildman–Crippen MR) is 92.9 cm³/mol. The van der Waals surface area contributed by atoms with E-state index < -0.39 is 0 Å². The highest BCUT2D eigenvalue weighted by molar-refractivity contribution is 5.79. The Balaban J connectivity index is 1.38. The summed E-state index contributed by atoms with van der Waals surface area (Å²) in [5, 5.41) is 6.63. The number of fused-ring (bicyclic) bond motifs is 2. The van der Waals surface area contributed by atoms with Crippen LogP contribution in [0.1, 0.15) is 31.2 Å². The van der Waals surface area contributed by atoms with Crippen molar-refractivity contribution in [2.45, 2.75) is 50.4 Å². The van der Waals surface area contributed by atoms with Crippen LogP contribution >= 0.6 is 0 Å². The minimum Gasteiger partial charge on any atom is -0.497 e. The fourth-order valence-electron chi connectivity index (χ4n) is 4.62. The third-order valence-corrected chi connectivity index (χ3v) is 5.96. The Morgan fingerprint density at radius 3 is 2.83 bits per heavy atom. The maximum atomic E-state index is 12.4. The van der Waals surface area contributed by atoms with Gasteiger partial charge in [-0.2, -0.15) is 0 Å². The molecule has 2 bridgehead atoms. The number of nitrogens with zero attached hydrogens (tertiary/aromatic N) is 1. The van der Waals surface area contributed by atoms with Gasteiger partial charge in [-0.15, -0.1) is 0 Å². The van der Waals surface area contributed by atoms with E-state index >= 15 is 0 Å². The Morgan fingerprint density at radius 2 is 2.12 bits per heavy atom. The van der Waals surface area contributed by atoms with Crippen molar-refractivity contribution in [2.24, 2.45) is 5.92 Å². The lowest BCUT2D eigenvalue weighted by Gasteiger charge is -2.26. The normalized spacial score (nSPS) is 32.2.